The van der Waals surface area contributed by atoms with Crippen LogP contribution in [0.25, 0.3) is 0 Å². The van der Waals surface area contributed by atoms with Crippen molar-refractivity contribution in [1.82, 2.24) is 0 Å². The van der Waals surface area contributed by atoms with E-state index in [1.54, 1.807) is 7.11 Å². The van der Waals surface area contributed by atoms with Gasteiger partial charge in [-0.05, 0) is 22.0 Å². The summed E-state index contributed by atoms with van der Waals surface area (Å²) in [6, 6.07) is 1.91. The molecule has 0 aliphatic rings. The Balaban J connectivity index is 3.01. The summed E-state index contributed by atoms with van der Waals surface area (Å²) < 4.78 is 6.92. The van der Waals surface area contributed by atoms with Gasteiger partial charge in [-0.15, -0.1) is 12.6 Å². The SMILES string of the molecule is COc1sc(S)cc1Br. The molecule has 0 N–H and O–H groups in total. The van der Waals surface area contributed by atoms with Gasteiger partial charge in [-0.1, -0.05) is 11.3 Å². The van der Waals surface area contributed by atoms with Gasteiger partial charge >= 0.3 is 0 Å². The van der Waals surface area contributed by atoms with Crippen LogP contribution in [0, 0.1) is 0 Å². The maximum atomic E-state index is 4.99. The first-order valence-electron chi connectivity index (χ1n) is 2.26. The minimum atomic E-state index is 0.875. The molecule has 0 unspecified atom stereocenters. The molecule has 0 bridgehead atoms. The minimum Gasteiger partial charge on any atom is -0.486 e. The molecule has 0 radical (unpaired) electrons. The highest BCUT2D eigenvalue weighted by Gasteiger charge is 2.02. The summed E-state index contributed by atoms with van der Waals surface area (Å²) in [5.74, 6) is 0. The average Bonchev–Trinajstić information content (AvgIpc) is 2.10. The summed E-state index contributed by atoms with van der Waals surface area (Å²) in [5, 5.41) is 0.875. The summed E-state index contributed by atoms with van der Waals surface area (Å²) in [4.78, 5) is 0. The third-order valence-electron chi connectivity index (χ3n) is 0.828. The molecule has 9 heavy (non-hydrogen) atoms. The summed E-state index contributed by atoms with van der Waals surface area (Å²) >= 11 is 8.96. The van der Waals surface area contributed by atoms with E-state index in [9.17, 15) is 0 Å². The van der Waals surface area contributed by atoms with Crippen LogP contribution in [-0.4, -0.2) is 7.11 Å². The Hall–Kier alpha value is 0.330. The molecule has 0 saturated heterocycles. The second-order valence-electron chi connectivity index (χ2n) is 1.42. The van der Waals surface area contributed by atoms with Crippen molar-refractivity contribution in [3.8, 4) is 5.06 Å². The number of hydrogen-bond acceptors (Lipinski definition) is 3. The van der Waals surface area contributed by atoms with Crippen LogP contribution in [0.3, 0.4) is 0 Å². The lowest BCUT2D eigenvalue weighted by atomic mass is 10.6. The molecule has 0 atom stereocenters. The van der Waals surface area contributed by atoms with Crippen molar-refractivity contribution in [1.29, 1.82) is 0 Å². The largest absolute Gasteiger partial charge is 0.486 e. The lowest BCUT2D eigenvalue weighted by Crippen LogP contribution is -1.75. The van der Waals surface area contributed by atoms with Gasteiger partial charge in [0.25, 0.3) is 0 Å². The van der Waals surface area contributed by atoms with Crippen molar-refractivity contribution in [2.75, 3.05) is 7.11 Å². The first kappa shape index (κ1) is 7.44. The number of methoxy groups -OCH3 is 1. The summed E-state index contributed by atoms with van der Waals surface area (Å²) in [6.07, 6.45) is 0. The molecule has 1 heterocycles. The van der Waals surface area contributed by atoms with Crippen LogP contribution < -0.4 is 4.74 Å². The van der Waals surface area contributed by atoms with Gasteiger partial charge in [-0.3, -0.25) is 0 Å². The van der Waals surface area contributed by atoms with E-state index in [1.807, 2.05) is 6.07 Å². The van der Waals surface area contributed by atoms with Gasteiger partial charge in [0.1, 0.15) is 0 Å². The molecule has 1 nitrogen and oxygen atoms in total. The Morgan fingerprint density at radius 2 is 2.44 bits per heavy atom. The van der Waals surface area contributed by atoms with E-state index < -0.39 is 0 Å². The monoisotopic (exact) mass is 224 g/mol. The number of ether oxygens (including phenoxy) is 1. The highest BCUT2D eigenvalue weighted by atomic mass is 79.9. The number of thiol groups is 1. The molecular formula is C5H5BrOS2. The number of hydrogen-bond donors (Lipinski definition) is 1. The van der Waals surface area contributed by atoms with E-state index in [1.165, 1.54) is 11.3 Å². The van der Waals surface area contributed by atoms with Gasteiger partial charge in [-0.2, -0.15) is 0 Å². The maximum absolute atomic E-state index is 4.99. The lowest BCUT2D eigenvalue weighted by Gasteiger charge is -1.90. The van der Waals surface area contributed by atoms with Crippen molar-refractivity contribution >= 4 is 39.9 Å². The van der Waals surface area contributed by atoms with E-state index in [0.717, 1.165) is 13.7 Å². The highest BCUT2D eigenvalue weighted by molar-refractivity contribution is 9.10. The van der Waals surface area contributed by atoms with Gasteiger partial charge in [0.05, 0.1) is 15.8 Å². The van der Waals surface area contributed by atoms with Crippen molar-refractivity contribution in [2.24, 2.45) is 0 Å². The molecule has 0 aliphatic heterocycles. The summed E-state index contributed by atoms with van der Waals surface area (Å²) in [5.41, 5.74) is 0. The minimum absolute atomic E-state index is 0.875. The molecule has 0 aromatic carbocycles. The summed E-state index contributed by atoms with van der Waals surface area (Å²) in [7, 11) is 1.64. The molecule has 0 spiro atoms. The Morgan fingerprint density at radius 3 is 2.67 bits per heavy atom. The molecule has 0 amide bonds. The molecule has 50 valence electrons. The van der Waals surface area contributed by atoms with Crippen LogP contribution in [0.15, 0.2) is 14.7 Å². The predicted octanol–water partition coefficient (Wildman–Crippen LogP) is 2.81. The molecule has 0 fully saturated rings. The first-order valence-corrected chi connectivity index (χ1v) is 4.32. The van der Waals surface area contributed by atoms with Crippen LogP contribution in [0.2, 0.25) is 0 Å². The van der Waals surface area contributed by atoms with Gasteiger partial charge in [0, 0.05) is 0 Å². The first-order chi connectivity index (χ1) is 4.24. The zero-order valence-electron chi connectivity index (χ0n) is 4.72. The molecule has 1 aromatic heterocycles. The normalized spacial score (nSPS) is 9.67. The van der Waals surface area contributed by atoms with Crippen molar-refractivity contribution in [3.05, 3.63) is 10.5 Å². The Labute approximate surface area is 71.6 Å². The standard InChI is InChI=1S/C5H5BrOS2/c1-7-5-3(6)2-4(8)9-5/h2,8H,1H3. The van der Waals surface area contributed by atoms with Crippen molar-refractivity contribution in [2.45, 2.75) is 4.21 Å². The average molecular weight is 225 g/mol. The lowest BCUT2D eigenvalue weighted by molar-refractivity contribution is 0.425. The maximum Gasteiger partial charge on any atom is 0.189 e. The Bertz CT molecular complexity index is 209. The third kappa shape index (κ3) is 1.63. The fourth-order valence-corrected chi connectivity index (χ4v) is 2.43. The summed E-state index contributed by atoms with van der Waals surface area (Å²) in [6.45, 7) is 0. The van der Waals surface area contributed by atoms with Crippen molar-refractivity contribution in [3.63, 3.8) is 0 Å². The van der Waals surface area contributed by atoms with Gasteiger partial charge in [0.2, 0.25) is 0 Å². The molecule has 0 aliphatic carbocycles. The topological polar surface area (TPSA) is 9.23 Å². The van der Waals surface area contributed by atoms with Crippen LogP contribution in [0.5, 0.6) is 5.06 Å². The fourth-order valence-electron chi connectivity index (χ4n) is 0.480. The van der Waals surface area contributed by atoms with E-state index >= 15 is 0 Å². The Kier molecular flexibility index (Phi) is 2.43. The predicted molar refractivity (Wildman–Crippen MR) is 45.8 cm³/mol. The highest BCUT2D eigenvalue weighted by Crippen LogP contribution is 2.36. The quantitative estimate of drug-likeness (QED) is 0.723. The Morgan fingerprint density at radius 1 is 1.78 bits per heavy atom. The molecule has 0 saturated carbocycles. The zero-order valence-corrected chi connectivity index (χ0v) is 8.02. The smallest absolute Gasteiger partial charge is 0.189 e. The van der Waals surface area contributed by atoms with Crippen LogP contribution >= 0.6 is 39.9 Å². The van der Waals surface area contributed by atoms with E-state index in [-0.39, 0.29) is 0 Å². The van der Waals surface area contributed by atoms with Gasteiger partial charge in [0.15, 0.2) is 5.06 Å². The van der Waals surface area contributed by atoms with Crippen molar-refractivity contribution < 1.29 is 4.74 Å². The molecule has 1 rings (SSSR count). The number of halogens is 1. The van der Waals surface area contributed by atoms with Crippen LogP contribution in [0.4, 0.5) is 0 Å². The van der Waals surface area contributed by atoms with Crippen LogP contribution in [-0.2, 0) is 0 Å². The van der Waals surface area contributed by atoms with E-state index in [4.69, 9.17) is 4.74 Å². The number of thiophene rings is 1. The zero-order chi connectivity index (χ0) is 6.85. The second-order valence-corrected chi connectivity index (χ2v) is 4.08. The van der Waals surface area contributed by atoms with E-state index in [0.29, 0.717) is 0 Å². The fraction of sp³-hybridized carbons (Fsp3) is 0.200. The van der Waals surface area contributed by atoms with Crippen LogP contribution in [0.1, 0.15) is 0 Å². The van der Waals surface area contributed by atoms with E-state index in [2.05, 4.69) is 28.6 Å². The molecular weight excluding hydrogens is 220 g/mol. The third-order valence-corrected chi connectivity index (χ3v) is 2.98. The molecule has 1 aromatic rings. The van der Waals surface area contributed by atoms with Gasteiger partial charge < -0.3 is 4.74 Å². The second kappa shape index (κ2) is 2.94. The van der Waals surface area contributed by atoms with Gasteiger partial charge in [-0.25, -0.2) is 0 Å². The number of rotatable bonds is 1. The molecule has 4 heteroatoms.